The lowest BCUT2D eigenvalue weighted by molar-refractivity contribution is -0.140. The van der Waals surface area contributed by atoms with Crippen LogP contribution in [0.2, 0.25) is 5.02 Å². The first-order chi connectivity index (χ1) is 21.6. The smallest absolute Gasteiger partial charge is 0.264 e. The minimum absolute atomic E-state index is 0.0550. The van der Waals surface area contributed by atoms with Crippen molar-refractivity contribution in [3.8, 4) is 0 Å². The van der Waals surface area contributed by atoms with Crippen molar-refractivity contribution in [2.75, 3.05) is 10.8 Å². The quantitative estimate of drug-likeness (QED) is 0.166. The van der Waals surface area contributed by atoms with Gasteiger partial charge in [0.1, 0.15) is 12.6 Å². The molecule has 0 bridgehead atoms. The molecule has 0 aliphatic heterocycles. The standard InChI is InChI=1S/C36H40ClN3O4S/c1-4-27(3)38-36(42)34(24-28-15-8-6-9-16-28)39(25-29-17-14-19-31(37)23-29)35(41)26-40(33-22-13-12-18-30(33)5-2)45(43,44)32-20-10-7-11-21-32/h6-23,27,34H,4-5,24-26H2,1-3H3,(H,38,42)/t27-,34-/m0/s1. The van der Waals surface area contributed by atoms with Gasteiger partial charge in [-0.1, -0.05) is 104 Å². The number of sulfonamides is 1. The van der Waals surface area contributed by atoms with E-state index in [1.54, 1.807) is 48.5 Å². The average Bonchev–Trinajstić information content (AvgIpc) is 3.05. The molecule has 2 atom stereocenters. The van der Waals surface area contributed by atoms with E-state index in [1.165, 1.54) is 21.3 Å². The zero-order valence-electron chi connectivity index (χ0n) is 25.9. The van der Waals surface area contributed by atoms with E-state index in [-0.39, 0.29) is 29.8 Å². The molecular weight excluding hydrogens is 606 g/mol. The molecule has 1 N–H and O–H groups in total. The van der Waals surface area contributed by atoms with Gasteiger partial charge in [-0.25, -0.2) is 8.42 Å². The van der Waals surface area contributed by atoms with Crippen LogP contribution in [0.4, 0.5) is 5.69 Å². The van der Waals surface area contributed by atoms with E-state index in [0.717, 1.165) is 16.7 Å². The largest absolute Gasteiger partial charge is 0.352 e. The van der Waals surface area contributed by atoms with E-state index in [0.29, 0.717) is 23.6 Å². The van der Waals surface area contributed by atoms with Crippen LogP contribution in [0.3, 0.4) is 0 Å². The molecule has 0 aliphatic carbocycles. The SMILES string of the molecule is CCc1ccccc1N(CC(=O)N(Cc1cccc(Cl)c1)[C@@H](Cc1ccccc1)C(=O)N[C@@H](C)CC)S(=O)(=O)c1ccccc1. The number of halogens is 1. The van der Waals surface area contributed by atoms with Crippen LogP contribution in [0, 0.1) is 0 Å². The second-order valence-electron chi connectivity index (χ2n) is 11.0. The van der Waals surface area contributed by atoms with Crippen molar-refractivity contribution < 1.29 is 18.0 Å². The second kappa shape index (κ2) is 15.7. The Kier molecular flexibility index (Phi) is 11.8. The van der Waals surface area contributed by atoms with Crippen molar-refractivity contribution in [2.45, 2.75) is 63.6 Å². The molecule has 0 saturated heterocycles. The summed E-state index contributed by atoms with van der Waals surface area (Å²) >= 11 is 6.32. The molecule has 236 valence electrons. The predicted molar refractivity (Wildman–Crippen MR) is 181 cm³/mol. The van der Waals surface area contributed by atoms with Gasteiger partial charge >= 0.3 is 0 Å². The number of amides is 2. The second-order valence-corrected chi connectivity index (χ2v) is 13.3. The first kappa shape index (κ1) is 33.7. The summed E-state index contributed by atoms with van der Waals surface area (Å²) in [5, 5.41) is 3.55. The fourth-order valence-electron chi connectivity index (χ4n) is 5.11. The third-order valence-corrected chi connectivity index (χ3v) is 9.77. The van der Waals surface area contributed by atoms with E-state index < -0.39 is 28.5 Å². The zero-order chi connectivity index (χ0) is 32.4. The first-order valence-electron chi connectivity index (χ1n) is 15.2. The van der Waals surface area contributed by atoms with Gasteiger partial charge in [0.05, 0.1) is 10.6 Å². The number of carbonyl (C=O) groups is 2. The fourth-order valence-corrected chi connectivity index (χ4v) is 6.80. The molecule has 0 aliphatic rings. The van der Waals surface area contributed by atoms with Crippen LogP contribution in [0.1, 0.15) is 43.9 Å². The average molecular weight is 646 g/mol. The van der Waals surface area contributed by atoms with Gasteiger partial charge in [0.25, 0.3) is 10.0 Å². The van der Waals surface area contributed by atoms with E-state index in [9.17, 15) is 18.0 Å². The lowest BCUT2D eigenvalue weighted by Crippen LogP contribution is -2.54. The third kappa shape index (κ3) is 8.74. The van der Waals surface area contributed by atoms with Crippen molar-refractivity contribution in [3.63, 3.8) is 0 Å². The normalized spacial score (nSPS) is 12.6. The molecule has 2 amide bonds. The summed E-state index contributed by atoms with van der Waals surface area (Å²) < 4.78 is 29.6. The Bertz CT molecular complexity index is 1680. The Morgan fingerprint density at radius 3 is 2.09 bits per heavy atom. The molecule has 0 spiro atoms. The van der Waals surface area contributed by atoms with Gasteiger partial charge in [0, 0.05) is 24.0 Å². The Hall–Kier alpha value is -4.14. The molecular formula is C36H40ClN3O4S. The zero-order valence-corrected chi connectivity index (χ0v) is 27.5. The summed E-state index contributed by atoms with van der Waals surface area (Å²) in [6, 6.07) is 30.8. The summed E-state index contributed by atoms with van der Waals surface area (Å²) in [7, 11) is -4.16. The Labute approximate surface area is 271 Å². The van der Waals surface area contributed by atoms with Crippen molar-refractivity contribution in [3.05, 3.63) is 131 Å². The van der Waals surface area contributed by atoms with Gasteiger partial charge in [-0.3, -0.25) is 13.9 Å². The number of para-hydroxylation sites is 1. The molecule has 7 nitrogen and oxygen atoms in total. The van der Waals surface area contributed by atoms with Crippen LogP contribution in [-0.2, 0) is 39.0 Å². The van der Waals surface area contributed by atoms with Gasteiger partial charge in [0.2, 0.25) is 11.8 Å². The lowest BCUT2D eigenvalue weighted by atomic mass is 10.0. The minimum Gasteiger partial charge on any atom is -0.352 e. The molecule has 0 heterocycles. The molecule has 45 heavy (non-hydrogen) atoms. The van der Waals surface area contributed by atoms with Crippen LogP contribution >= 0.6 is 11.6 Å². The van der Waals surface area contributed by atoms with Crippen LogP contribution in [0.5, 0.6) is 0 Å². The number of benzene rings is 4. The highest BCUT2D eigenvalue weighted by molar-refractivity contribution is 7.92. The molecule has 0 saturated carbocycles. The predicted octanol–water partition coefficient (Wildman–Crippen LogP) is 6.65. The number of nitrogens with one attached hydrogen (secondary N) is 1. The molecule has 0 fully saturated rings. The number of anilines is 1. The monoisotopic (exact) mass is 645 g/mol. The van der Waals surface area contributed by atoms with Gasteiger partial charge in [-0.05, 0) is 66.8 Å². The van der Waals surface area contributed by atoms with Crippen LogP contribution in [0.15, 0.2) is 114 Å². The van der Waals surface area contributed by atoms with Crippen molar-refractivity contribution in [1.82, 2.24) is 10.2 Å². The summed E-state index contributed by atoms with van der Waals surface area (Å²) in [5.74, 6) is -0.823. The Morgan fingerprint density at radius 1 is 0.822 bits per heavy atom. The number of rotatable bonds is 14. The first-order valence-corrected chi connectivity index (χ1v) is 17.0. The summed E-state index contributed by atoms with van der Waals surface area (Å²) in [5.41, 5.74) is 2.79. The summed E-state index contributed by atoms with van der Waals surface area (Å²) in [6.45, 7) is 5.38. The van der Waals surface area contributed by atoms with Gasteiger partial charge < -0.3 is 10.2 Å². The Balaban J connectivity index is 1.83. The lowest BCUT2D eigenvalue weighted by Gasteiger charge is -2.34. The van der Waals surface area contributed by atoms with E-state index in [2.05, 4.69) is 5.32 Å². The number of carbonyl (C=O) groups excluding carboxylic acids is 2. The Morgan fingerprint density at radius 2 is 1.44 bits per heavy atom. The van der Waals surface area contributed by atoms with E-state index in [4.69, 9.17) is 11.6 Å². The topological polar surface area (TPSA) is 86.8 Å². The number of nitrogens with zero attached hydrogens (tertiary/aromatic N) is 2. The fraction of sp³-hybridized carbons (Fsp3) is 0.278. The maximum Gasteiger partial charge on any atom is 0.264 e. The molecule has 0 aromatic heterocycles. The van der Waals surface area contributed by atoms with Crippen molar-refractivity contribution in [2.24, 2.45) is 0 Å². The third-order valence-electron chi connectivity index (χ3n) is 7.77. The van der Waals surface area contributed by atoms with E-state index >= 15 is 0 Å². The maximum absolute atomic E-state index is 14.6. The van der Waals surface area contributed by atoms with Crippen LogP contribution < -0.4 is 9.62 Å². The molecule has 4 aromatic rings. The highest BCUT2D eigenvalue weighted by Gasteiger charge is 2.35. The van der Waals surface area contributed by atoms with E-state index in [1.807, 2.05) is 69.3 Å². The van der Waals surface area contributed by atoms with Gasteiger partial charge in [0.15, 0.2) is 0 Å². The van der Waals surface area contributed by atoms with Gasteiger partial charge in [-0.2, -0.15) is 0 Å². The molecule has 9 heteroatoms. The highest BCUT2D eigenvalue weighted by atomic mass is 35.5. The number of hydrogen-bond acceptors (Lipinski definition) is 4. The highest BCUT2D eigenvalue weighted by Crippen LogP contribution is 2.28. The number of hydrogen-bond donors (Lipinski definition) is 1. The number of aryl methyl sites for hydroxylation is 1. The van der Waals surface area contributed by atoms with Gasteiger partial charge in [-0.15, -0.1) is 0 Å². The molecule has 0 unspecified atom stereocenters. The summed E-state index contributed by atoms with van der Waals surface area (Å²) in [6.07, 6.45) is 1.51. The molecule has 0 radical (unpaired) electrons. The van der Waals surface area contributed by atoms with Crippen molar-refractivity contribution >= 4 is 39.1 Å². The summed E-state index contributed by atoms with van der Waals surface area (Å²) in [4.78, 5) is 30.1. The van der Waals surface area contributed by atoms with Crippen LogP contribution in [-0.4, -0.2) is 43.8 Å². The minimum atomic E-state index is -4.16. The molecule has 4 rings (SSSR count). The maximum atomic E-state index is 14.6. The van der Waals surface area contributed by atoms with Crippen LogP contribution in [0.25, 0.3) is 0 Å². The van der Waals surface area contributed by atoms with Crippen molar-refractivity contribution in [1.29, 1.82) is 0 Å². The molecule has 4 aromatic carbocycles.